The van der Waals surface area contributed by atoms with Gasteiger partial charge in [-0.15, -0.1) is 0 Å². The second-order valence-electron chi connectivity index (χ2n) is 4.94. The zero-order valence-corrected chi connectivity index (χ0v) is 14.2. The highest BCUT2D eigenvalue weighted by molar-refractivity contribution is 7.98. The molecule has 0 aliphatic rings. The molecule has 0 bridgehead atoms. The first-order valence-electron chi connectivity index (χ1n) is 7.11. The number of carbonyl (C=O) groups excluding carboxylic acids is 2. The summed E-state index contributed by atoms with van der Waals surface area (Å²) in [5, 5.41) is 13.9. The first kappa shape index (κ1) is 19.7. The maximum atomic E-state index is 12.9. The van der Waals surface area contributed by atoms with Crippen LogP contribution < -0.4 is 10.6 Å². The molecule has 24 heavy (non-hydrogen) atoms. The van der Waals surface area contributed by atoms with Crippen LogP contribution in [0.25, 0.3) is 6.08 Å². The van der Waals surface area contributed by atoms with Crippen LogP contribution in [0.4, 0.5) is 4.39 Å². The van der Waals surface area contributed by atoms with E-state index in [-0.39, 0.29) is 12.1 Å². The van der Waals surface area contributed by atoms with Crippen molar-refractivity contribution in [3.63, 3.8) is 0 Å². The minimum Gasteiger partial charge on any atom is -0.480 e. The molecule has 3 N–H and O–H groups in total. The molecule has 0 spiro atoms. The molecule has 0 aromatic heterocycles. The molecule has 0 unspecified atom stereocenters. The smallest absolute Gasteiger partial charge is 0.326 e. The van der Waals surface area contributed by atoms with E-state index in [0.717, 1.165) is 0 Å². The zero-order valence-electron chi connectivity index (χ0n) is 13.3. The number of halogens is 1. The second kappa shape index (κ2) is 9.71. The Labute approximate surface area is 143 Å². The third kappa shape index (κ3) is 6.82. The van der Waals surface area contributed by atoms with Crippen LogP contribution in [0.2, 0.25) is 0 Å². The number of thioether (sulfide) groups is 1. The second-order valence-corrected chi connectivity index (χ2v) is 5.92. The Morgan fingerprint density at radius 2 is 1.92 bits per heavy atom. The summed E-state index contributed by atoms with van der Waals surface area (Å²) in [5.74, 6) is -2.21. The first-order valence-corrected chi connectivity index (χ1v) is 8.50. The maximum Gasteiger partial charge on any atom is 0.326 e. The van der Waals surface area contributed by atoms with Crippen molar-refractivity contribution in [2.24, 2.45) is 0 Å². The summed E-state index contributed by atoms with van der Waals surface area (Å²) in [6, 6.07) is 4.25. The standard InChI is InChI=1S/C16H19FN2O4S/c1-10(20)18-14(9-11-3-5-12(17)6-4-11)15(21)19-13(16(22)23)7-8-24-2/h3-6,9,13H,7-8H2,1-2H3,(H,18,20)(H,19,21)(H,22,23)/b14-9+/t13-/m1/s1. The van der Waals surface area contributed by atoms with E-state index < -0.39 is 29.6 Å². The van der Waals surface area contributed by atoms with Gasteiger partial charge in [-0.25, -0.2) is 9.18 Å². The summed E-state index contributed by atoms with van der Waals surface area (Å²) in [7, 11) is 0. The molecular weight excluding hydrogens is 335 g/mol. The molecule has 1 rings (SSSR count). The highest BCUT2D eigenvalue weighted by Crippen LogP contribution is 2.08. The van der Waals surface area contributed by atoms with Gasteiger partial charge < -0.3 is 15.7 Å². The summed E-state index contributed by atoms with van der Waals surface area (Å²) in [4.78, 5) is 34.8. The van der Waals surface area contributed by atoms with E-state index in [1.165, 1.54) is 49.0 Å². The van der Waals surface area contributed by atoms with Crippen LogP contribution in [0.5, 0.6) is 0 Å². The third-order valence-corrected chi connectivity index (χ3v) is 3.59. The summed E-state index contributed by atoms with van der Waals surface area (Å²) in [6.45, 7) is 1.23. The number of nitrogens with one attached hydrogen (secondary N) is 2. The Morgan fingerprint density at radius 1 is 1.29 bits per heavy atom. The molecule has 0 saturated carbocycles. The van der Waals surface area contributed by atoms with Gasteiger partial charge in [0, 0.05) is 6.92 Å². The zero-order chi connectivity index (χ0) is 18.1. The molecule has 0 saturated heterocycles. The molecule has 0 heterocycles. The average molecular weight is 354 g/mol. The Morgan fingerprint density at radius 3 is 2.42 bits per heavy atom. The van der Waals surface area contributed by atoms with E-state index >= 15 is 0 Å². The van der Waals surface area contributed by atoms with Crippen LogP contribution in [-0.4, -0.2) is 40.9 Å². The molecule has 130 valence electrons. The van der Waals surface area contributed by atoms with Gasteiger partial charge in [0.25, 0.3) is 5.91 Å². The van der Waals surface area contributed by atoms with Gasteiger partial charge in [-0.1, -0.05) is 12.1 Å². The highest BCUT2D eigenvalue weighted by atomic mass is 32.2. The van der Waals surface area contributed by atoms with E-state index in [1.807, 2.05) is 6.26 Å². The molecule has 1 atom stereocenters. The van der Waals surface area contributed by atoms with Crippen molar-refractivity contribution in [3.05, 3.63) is 41.3 Å². The quantitative estimate of drug-likeness (QED) is 0.617. The minimum atomic E-state index is -1.15. The van der Waals surface area contributed by atoms with Crippen molar-refractivity contribution in [1.82, 2.24) is 10.6 Å². The van der Waals surface area contributed by atoms with Crippen molar-refractivity contribution in [1.29, 1.82) is 0 Å². The fourth-order valence-corrected chi connectivity index (χ4v) is 2.27. The molecular formula is C16H19FN2O4S. The van der Waals surface area contributed by atoms with Crippen LogP contribution in [0.1, 0.15) is 18.9 Å². The monoisotopic (exact) mass is 354 g/mol. The number of aliphatic carboxylic acids is 1. The normalized spacial score (nSPS) is 12.4. The Hall–Kier alpha value is -2.35. The van der Waals surface area contributed by atoms with Crippen molar-refractivity contribution >= 4 is 35.6 Å². The van der Waals surface area contributed by atoms with Crippen molar-refractivity contribution in [2.75, 3.05) is 12.0 Å². The predicted octanol–water partition coefficient (Wildman–Crippen LogP) is 1.63. The van der Waals surface area contributed by atoms with E-state index in [2.05, 4.69) is 10.6 Å². The number of rotatable bonds is 8. The minimum absolute atomic E-state index is 0.107. The summed E-state index contributed by atoms with van der Waals surface area (Å²) >= 11 is 1.46. The fraction of sp³-hybridized carbons (Fsp3) is 0.312. The number of hydrogen-bond donors (Lipinski definition) is 3. The van der Waals surface area contributed by atoms with Gasteiger partial charge in [0.05, 0.1) is 0 Å². The summed E-state index contributed by atoms with van der Waals surface area (Å²) in [5.41, 5.74) is 0.385. The Kier molecular flexibility index (Phi) is 7.97. The van der Waals surface area contributed by atoms with E-state index in [0.29, 0.717) is 11.3 Å². The molecule has 0 fully saturated rings. The van der Waals surface area contributed by atoms with Crippen LogP contribution >= 0.6 is 11.8 Å². The number of carboxylic acids is 1. The number of carbonyl (C=O) groups is 3. The van der Waals surface area contributed by atoms with E-state index in [1.54, 1.807) is 0 Å². The average Bonchev–Trinajstić information content (AvgIpc) is 2.52. The van der Waals surface area contributed by atoms with Gasteiger partial charge in [0.1, 0.15) is 17.6 Å². The molecule has 1 aromatic rings. The number of hydrogen-bond acceptors (Lipinski definition) is 4. The van der Waals surface area contributed by atoms with Gasteiger partial charge in [0.15, 0.2) is 0 Å². The lowest BCUT2D eigenvalue weighted by Gasteiger charge is -2.16. The fourth-order valence-electron chi connectivity index (χ4n) is 1.80. The lowest BCUT2D eigenvalue weighted by atomic mass is 10.1. The summed E-state index contributed by atoms with van der Waals surface area (Å²) < 4.78 is 12.9. The first-order chi connectivity index (χ1) is 11.3. The molecule has 2 amide bonds. The van der Waals surface area contributed by atoms with Gasteiger partial charge in [-0.05, 0) is 42.2 Å². The molecule has 0 aliphatic heterocycles. The van der Waals surface area contributed by atoms with Gasteiger partial charge in [-0.2, -0.15) is 11.8 Å². The predicted molar refractivity (Wildman–Crippen MR) is 90.8 cm³/mol. The number of benzene rings is 1. The largest absolute Gasteiger partial charge is 0.480 e. The van der Waals surface area contributed by atoms with Crippen molar-refractivity contribution in [3.8, 4) is 0 Å². The van der Waals surface area contributed by atoms with Gasteiger partial charge in [0.2, 0.25) is 5.91 Å². The third-order valence-electron chi connectivity index (χ3n) is 2.95. The van der Waals surface area contributed by atoms with E-state index in [4.69, 9.17) is 5.11 Å². The highest BCUT2D eigenvalue weighted by Gasteiger charge is 2.22. The number of amides is 2. The number of carboxylic acid groups (broad SMARTS) is 1. The lowest BCUT2D eigenvalue weighted by molar-refractivity contribution is -0.141. The molecule has 8 heteroatoms. The van der Waals surface area contributed by atoms with Gasteiger partial charge >= 0.3 is 5.97 Å². The lowest BCUT2D eigenvalue weighted by Crippen LogP contribution is -2.44. The summed E-state index contributed by atoms with van der Waals surface area (Å²) in [6.07, 6.45) is 3.44. The van der Waals surface area contributed by atoms with Crippen molar-refractivity contribution in [2.45, 2.75) is 19.4 Å². The molecule has 6 nitrogen and oxygen atoms in total. The van der Waals surface area contributed by atoms with Crippen LogP contribution in [0.3, 0.4) is 0 Å². The topological polar surface area (TPSA) is 95.5 Å². The van der Waals surface area contributed by atoms with Crippen LogP contribution in [-0.2, 0) is 14.4 Å². The molecule has 1 aromatic carbocycles. The van der Waals surface area contributed by atoms with Crippen molar-refractivity contribution < 1.29 is 23.9 Å². The molecule has 0 radical (unpaired) electrons. The Bertz CT molecular complexity index is 631. The van der Waals surface area contributed by atoms with Crippen LogP contribution in [0, 0.1) is 5.82 Å². The SMILES string of the molecule is CSCC[C@@H](NC(=O)/C(=C\c1ccc(F)cc1)NC(C)=O)C(=O)O. The maximum absolute atomic E-state index is 12.9. The van der Waals surface area contributed by atoms with Gasteiger partial charge in [-0.3, -0.25) is 9.59 Å². The Balaban J connectivity index is 2.97. The van der Waals surface area contributed by atoms with Crippen LogP contribution in [0.15, 0.2) is 30.0 Å². The van der Waals surface area contributed by atoms with E-state index in [9.17, 15) is 18.8 Å². The molecule has 0 aliphatic carbocycles.